The van der Waals surface area contributed by atoms with E-state index >= 15 is 0 Å². The van der Waals surface area contributed by atoms with Crippen LogP contribution in [0.25, 0.3) is 6.08 Å². The summed E-state index contributed by atoms with van der Waals surface area (Å²) in [6.45, 7) is 5.58. The second-order valence-electron chi connectivity index (χ2n) is 5.84. The third-order valence-electron chi connectivity index (χ3n) is 3.79. The zero-order valence-corrected chi connectivity index (χ0v) is 15.6. The van der Waals surface area contributed by atoms with E-state index in [1.807, 2.05) is 32.0 Å². The van der Waals surface area contributed by atoms with Gasteiger partial charge in [0.1, 0.15) is 5.75 Å². The van der Waals surface area contributed by atoms with Gasteiger partial charge in [-0.05, 0) is 61.7 Å². The average Bonchev–Trinajstić information content (AvgIpc) is 2.62. The lowest BCUT2D eigenvalue weighted by Gasteiger charge is -2.15. The molecule has 6 heteroatoms. The van der Waals surface area contributed by atoms with Crippen molar-refractivity contribution < 1.29 is 14.3 Å². The normalized spacial score (nSPS) is 11.8. The molecule has 5 nitrogen and oxygen atoms in total. The highest BCUT2D eigenvalue weighted by Gasteiger charge is 2.15. The van der Waals surface area contributed by atoms with Crippen LogP contribution < -0.4 is 15.6 Å². The molecule has 0 bridgehead atoms. The summed E-state index contributed by atoms with van der Waals surface area (Å²) in [5.74, 6) is -0.333. The van der Waals surface area contributed by atoms with Crippen molar-refractivity contribution in [2.75, 3.05) is 0 Å². The molecule has 1 unspecified atom stereocenters. The molecule has 0 aliphatic heterocycles. The van der Waals surface area contributed by atoms with Crippen LogP contribution >= 0.6 is 11.6 Å². The molecule has 26 heavy (non-hydrogen) atoms. The van der Waals surface area contributed by atoms with Crippen LogP contribution in [0.3, 0.4) is 0 Å². The molecule has 2 aromatic carbocycles. The number of carbonyl (C=O) groups is 2. The van der Waals surface area contributed by atoms with Gasteiger partial charge in [-0.25, -0.2) is 0 Å². The Morgan fingerprint density at radius 1 is 1.08 bits per heavy atom. The fourth-order valence-corrected chi connectivity index (χ4v) is 2.29. The minimum atomic E-state index is -0.759. The van der Waals surface area contributed by atoms with E-state index in [-0.39, 0.29) is 0 Å². The maximum Gasteiger partial charge on any atom is 0.279 e. The minimum absolute atomic E-state index is 0.456. The van der Waals surface area contributed by atoms with Crippen LogP contribution in [-0.2, 0) is 9.59 Å². The van der Waals surface area contributed by atoms with Crippen molar-refractivity contribution in [3.63, 3.8) is 0 Å². The summed E-state index contributed by atoms with van der Waals surface area (Å²) in [6.07, 6.45) is 2.10. The van der Waals surface area contributed by atoms with E-state index in [0.717, 1.165) is 11.1 Å². The molecule has 2 rings (SSSR count). The number of aryl methyl sites for hydroxylation is 2. The topological polar surface area (TPSA) is 67.4 Å². The van der Waals surface area contributed by atoms with Gasteiger partial charge >= 0.3 is 0 Å². The zero-order chi connectivity index (χ0) is 19.1. The number of halogens is 1. The fourth-order valence-electron chi connectivity index (χ4n) is 2.09. The van der Waals surface area contributed by atoms with Crippen molar-refractivity contribution in [3.05, 3.63) is 70.3 Å². The molecular weight excluding hydrogens is 352 g/mol. The molecule has 0 aromatic heterocycles. The van der Waals surface area contributed by atoms with Gasteiger partial charge in [-0.2, -0.15) is 0 Å². The lowest BCUT2D eigenvalue weighted by atomic mass is 10.1. The molecule has 2 N–H and O–H groups in total. The summed E-state index contributed by atoms with van der Waals surface area (Å²) in [7, 11) is 0. The number of amides is 2. The van der Waals surface area contributed by atoms with E-state index in [2.05, 4.69) is 10.9 Å². The van der Waals surface area contributed by atoms with Gasteiger partial charge in [0.2, 0.25) is 0 Å². The van der Waals surface area contributed by atoms with Crippen LogP contribution in [0.4, 0.5) is 0 Å². The summed E-state index contributed by atoms with van der Waals surface area (Å²) in [4.78, 5) is 23.8. The van der Waals surface area contributed by atoms with Gasteiger partial charge in [0.25, 0.3) is 11.8 Å². The second kappa shape index (κ2) is 9.06. The van der Waals surface area contributed by atoms with Gasteiger partial charge in [0.05, 0.1) is 0 Å². The summed E-state index contributed by atoms with van der Waals surface area (Å²) in [5, 5.41) is 0.538. The zero-order valence-electron chi connectivity index (χ0n) is 14.9. The SMILES string of the molecule is Cc1ccc(OC(C)C(=O)NNC(=O)/C=C/c2ccccc2Cl)cc1C. The second-order valence-corrected chi connectivity index (χ2v) is 6.25. The Hall–Kier alpha value is -2.79. The summed E-state index contributed by atoms with van der Waals surface area (Å²) < 4.78 is 5.59. The Labute approximate surface area is 158 Å². The van der Waals surface area contributed by atoms with Crippen LogP contribution in [0.15, 0.2) is 48.5 Å². The van der Waals surface area contributed by atoms with Gasteiger partial charge in [0, 0.05) is 11.1 Å². The number of ether oxygens (including phenoxy) is 1. The lowest BCUT2D eigenvalue weighted by Crippen LogP contribution is -2.46. The number of rotatable bonds is 5. The van der Waals surface area contributed by atoms with E-state index < -0.39 is 17.9 Å². The molecule has 0 aliphatic carbocycles. The Morgan fingerprint density at radius 2 is 1.81 bits per heavy atom. The highest BCUT2D eigenvalue weighted by atomic mass is 35.5. The largest absolute Gasteiger partial charge is 0.481 e. The number of carbonyl (C=O) groups excluding carboxylic acids is 2. The lowest BCUT2D eigenvalue weighted by molar-refractivity contribution is -0.131. The van der Waals surface area contributed by atoms with Gasteiger partial charge in [-0.3, -0.25) is 20.4 Å². The van der Waals surface area contributed by atoms with Crippen LogP contribution in [0.1, 0.15) is 23.6 Å². The van der Waals surface area contributed by atoms with Gasteiger partial charge in [-0.15, -0.1) is 0 Å². The minimum Gasteiger partial charge on any atom is -0.481 e. The van der Waals surface area contributed by atoms with Crippen molar-refractivity contribution in [2.24, 2.45) is 0 Å². The molecule has 136 valence electrons. The number of nitrogens with one attached hydrogen (secondary N) is 2. The Kier molecular flexibility index (Phi) is 6.81. The molecule has 0 spiro atoms. The van der Waals surface area contributed by atoms with Gasteiger partial charge in [-0.1, -0.05) is 35.9 Å². The third-order valence-corrected chi connectivity index (χ3v) is 4.13. The van der Waals surface area contributed by atoms with Crippen LogP contribution in [0.2, 0.25) is 5.02 Å². The standard InChI is InChI=1S/C20H21ClN2O3/c1-13-8-10-17(12-14(13)2)26-15(3)20(25)23-22-19(24)11-9-16-6-4-5-7-18(16)21/h4-12,15H,1-3H3,(H,22,24)(H,23,25)/b11-9+. The Balaban J connectivity index is 1.84. The van der Waals surface area contributed by atoms with Crippen LogP contribution in [0, 0.1) is 13.8 Å². The van der Waals surface area contributed by atoms with Gasteiger partial charge in [0.15, 0.2) is 6.10 Å². The fraction of sp³-hybridized carbons (Fsp3) is 0.200. The van der Waals surface area contributed by atoms with Crippen LogP contribution in [0.5, 0.6) is 5.75 Å². The summed E-state index contributed by atoms with van der Waals surface area (Å²) in [6, 6.07) is 12.7. The summed E-state index contributed by atoms with van der Waals surface area (Å²) in [5.41, 5.74) is 7.58. The van der Waals surface area contributed by atoms with Crippen molar-refractivity contribution in [3.8, 4) is 5.75 Å². The third kappa shape index (κ3) is 5.63. The highest BCUT2D eigenvalue weighted by Crippen LogP contribution is 2.18. The first kappa shape index (κ1) is 19.5. The average molecular weight is 373 g/mol. The van der Waals surface area contributed by atoms with E-state index in [4.69, 9.17) is 16.3 Å². The molecule has 1 atom stereocenters. The number of hydrogen-bond donors (Lipinski definition) is 2. The quantitative estimate of drug-likeness (QED) is 0.622. The molecule has 0 fully saturated rings. The molecule has 2 amide bonds. The number of hydrogen-bond acceptors (Lipinski definition) is 3. The maximum atomic E-state index is 12.0. The smallest absolute Gasteiger partial charge is 0.279 e. The molecule has 0 heterocycles. The van der Waals surface area contributed by atoms with Crippen molar-refractivity contribution in [1.29, 1.82) is 0 Å². The number of benzene rings is 2. The molecule has 0 aliphatic rings. The molecule has 0 radical (unpaired) electrons. The first-order chi connectivity index (χ1) is 12.4. The Bertz CT molecular complexity index is 834. The first-order valence-electron chi connectivity index (χ1n) is 8.13. The van der Waals surface area contributed by atoms with Crippen molar-refractivity contribution in [2.45, 2.75) is 26.9 Å². The van der Waals surface area contributed by atoms with E-state index in [1.165, 1.54) is 6.08 Å². The first-order valence-corrected chi connectivity index (χ1v) is 8.51. The molecule has 0 saturated heterocycles. The molecule has 0 saturated carbocycles. The highest BCUT2D eigenvalue weighted by molar-refractivity contribution is 6.32. The van der Waals surface area contributed by atoms with E-state index in [1.54, 1.807) is 37.3 Å². The Morgan fingerprint density at radius 3 is 2.50 bits per heavy atom. The van der Waals surface area contributed by atoms with E-state index in [0.29, 0.717) is 16.3 Å². The maximum absolute atomic E-state index is 12.0. The monoisotopic (exact) mass is 372 g/mol. The summed E-state index contributed by atoms with van der Waals surface area (Å²) >= 11 is 6.01. The predicted octanol–water partition coefficient (Wildman–Crippen LogP) is 3.58. The predicted molar refractivity (Wildman–Crippen MR) is 103 cm³/mol. The van der Waals surface area contributed by atoms with Crippen molar-refractivity contribution >= 4 is 29.5 Å². The molecular formula is C20H21ClN2O3. The van der Waals surface area contributed by atoms with Crippen LogP contribution in [-0.4, -0.2) is 17.9 Å². The van der Waals surface area contributed by atoms with E-state index in [9.17, 15) is 9.59 Å². The van der Waals surface area contributed by atoms with Gasteiger partial charge < -0.3 is 4.74 Å². The number of hydrazine groups is 1. The molecule has 2 aromatic rings. The van der Waals surface area contributed by atoms with Crippen molar-refractivity contribution in [1.82, 2.24) is 10.9 Å².